The van der Waals surface area contributed by atoms with E-state index >= 15 is 0 Å². The monoisotopic (exact) mass is 120 g/mol. The predicted molar refractivity (Wildman–Crippen MR) is 29.8 cm³/mol. The van der Waals surface area contributed by atoms with E-state index in [1.165, 1.54) is 0 Å². The molecule has 0 fully saturated rings. The van der Waals surface area contributed by atoms with Gasteiger partial charge in [-0.15, -0.1) is 0 Å². The first-order valence-corrected chi connectivity index (χ1v) is 2.75. The van der Waals surface area contributed by atoms with Crippen LogP contribution in [0.3, 0.4) is 0 Å². The Kier molecular flexibility index (Phi) is 3.40. The highest BCUT2D eigenvalue weighted by Gasteiger charge is 1.97. The van der Waals surface area contributed by atoms with Crippen LogP contribution >= 0.6 is 0 Å². The summed E-state index contributed by atoms with van der Waals surface area (Å²) in [6.45, 7) is 3.47. The lowest BCUT2D eigenvalue weighted by Crippen LogP contribution is -1.77. The molecule has 48 valence electrons. The second-order valence-electron chi connectivity index (χ2n) is 1.57. The molecule has 0 N–H and O–H groups in total. The Bertz CT molecular complexity index is 84.7. The summed E-state index contributed by atoms with van der Waals surface area (Å²) in [6.07, 6.45) is -0.562. The predicted octanol–water partition coefficient (Wildman–Crippen LogP) is 2.96. The first-order chi connectivity index (χ1) is 3.72. The molecule has 0 aliphatic heterocycles. The quantitative estimate of drug-likeness (QED) is 0.525. The summed E-state index contributed by atoms with van der Waals surface area (Å²) >= 11 is 0. The molecular formula is C6H10F2. The molecule has 0 atom stereocenters. The Balaban J connectivity index is 3.86. The average molecular weight is 120 g/mol. The maximum Gasteiger partial charge on any atom is 0.269 e. The van der Waals surface area contributed by atoms with Crippen molar-refractivity contribution in [3.05, 3.63) is 11.7 Å². The van der Waals surface area contributed by atoms with Crippen molar-refractivity contribution in [3.8, 4) is 0 Å². The van der Waals surface area contributed by atoms with Gasteiger partial charge in [-0.25, -0.2) is 0 Å². The van der Waals surface area contributed by atoms with Crippen molar-refractivity contribution < 1.29 is 8.78 Å². The topological polar surface area (TPSA) is 0 Å². The zero-order valence-electron chi connectivity index (χ0n) is 5.17. The molecule has 0 aromatic carbocycles. The molecule has 2 heteroatoms. The molecule has 0 aliphatic rings. The normalized spacial score (nSPS) is 9.00. The van der Waals surface area contributed by atoms with Crippen LogP contribution in [0.1, 0.15) is 26.7 Å². The molecule has 0 saturated heterocycles. The first-order valence-electron chi connectivity index (χ1n) is 2.75. The van der Waals surface area contributed by atoms with Gasteiger partial charge in [0.15, 0.2) is 0 Å². The SMILES string of the molecule is CCC(CC)=C(F)F. The smallest absolute Gasteiger partial charge is 0.173 e. The highest BCUT2D eigenvalue weighted by molar-refractivity contribution is 4.99. The van der Waals surface area contributed by atoms with Crippen LogP contribution in [-0.2, 0) is 0 Å². The van der Waals surface area contributed by atoms with Crippen LogP contribution in [0, 0.1) is 0 Å². The van der Waals surface area contributed by atoms with E-state index < -0.39 is 6.08 Å². The molecule has 8 heavy (non-hydrogen) atoms. The van der Waals surface area contributed by atoms with E-state index in [9.17, 15) is 8.78 Å². The van der Waals surface area contributed by atoms with E-state index in [-0.39, 0.29) is 5.57 Å². The Morgan fingerprint density at radius 3 is 1.50 bits per heavy atom. The summed E-state index contributed by atoms with van der Waals surface area (Å²) in [6, 6.07) is 0. The third kappa shape index (κ3) is 2.05. The molecule has 0 rings (SSSR count). The number of hydrogen-bond acceptors (Lipinski definition) is 0. The van der Waals surface area contributed by atoms with Gasteiger partial charge in [0.2, 0.25) is 0 Å². The zero-order chi connectivity index (χ0) is 6.57. The van der Waals surface area contributed by atoms with E-state index in [2.05, 4.69) is 0 Å². The molecule has 0 aliphatic carbocycles. The summed E-state index contributed by atoms with van der Waals surface area (Å²) in [5.41, 5.74) is 0.269. The molecule has 0 bridgehead atoms. The summed E-state index contributed by atoms with van der Waals surface area (Å²) < 4.78 is 23.2. The van der Waals surface area contributed by atoms with E-state index in [1.807, 2.05) is 0 Å². The molecule has 0 saturated carbocycles. The fraction of sp³-hybridized carbons (Fsp3) is 0.667. The minimum atomic E-state index is -1.50. The van der Waals surface area contributed by atoms with Gasteiger partial charge in [-0.3, -0.25) is 0 Å². The van der Waals surface area contributed by atoms with E-state index in [4.69, 9.17) is 0 Å². The number of rotatable bonds is 2. The second kappa shape index (κ2) is 3.58. The Labute approximate surface area is 48.2 Å². The van der Waals surface area contributed by atoms with E-state index in [0.29, 0.717) is 12.8 Å². The highest BCUT2D eigenvalue weighted by atomic mass is 19.3. The van der Waals surface area contributed by atoms with Crippen LogP contribution in [0.15, 0.2) is 11.7 Å². The molecule has 0 amide bonds. The van der Waals surface area contributed by atoms with Crippen LogP contribution in [-0.4, -0.2) is 0 Å². The van der Waals surface area contributed by atoms with Gasteiger partial charge in [-0.1, -0.05) is 13.8 Å². The van der Waals surface area contributed by atoms with Crippen LogP contribution < -0.4 is 0 Å². The lowest BCUT2D eigenvalue weighted by molar-refractivity contribution is 0.405. The van der Waals surface area contributed by atoms with Crippen molar-refractivity contribution in [1.82, 2.24) is 0 Å². The molecule has 0 aromatic heterocycles. The first kappa shape index (κ1) is 7.60. The Morgan fingerprint density at radius 1 is 1.12 bits per heavy atom. The zero-order valence-corrected chi connectivity index (χ0v) is 5.17. The molecule has 0 radical (unpaired) electrons. The van der Waals surface area contributed by atoms with Gasteiger partial charge in [0, 0.05) is 0 Å². The van der Waals surface area contributed by atoms with Gasteiger partial charge in [0.05, 0.1) is 0 Å². The Morgan fingerprint density at radius 2 is 1.50 bits per heavy atom. The van der Waals surface area contributed by atoms with E-state index in [1.54, 1.807) is 13.8 Å². The summed E-state index contributed by atoms with van der Waals surface area (Å²) in [5.74, 6) is 0. The minimum Gasteiger partial charge on any atom is -0.173 e. The largest absolute Gasteiger partial charge is 0.269 e. The van der Waals surface area contributed by atoms with Crippen molar-refractivity contribution in [3.63, 3.8) is 0 Å². The summed E-state index contributed by atoms with van der Waals surface area (Å²) in [4.78, 5) is 0. The molecule has 0 aromatic rings. The van der Waals surface area contributed by atoms with Gasteiger partial charge < -0.3 is 0 Å². The molecule has 0 nitrogen and oxygen atoms in total. The number of halogens is 2. The Hall–Kier alpha value is -0.400. The second-order valence-corrected chi connectivity index (χ2v) is 1.57. The number of hydrogen-bond donors (Lipinski definition) is 0. The molecule has 0 heterocycles. The summed E-state index contributed by atoms with van der Waals surface area (Å²) in [7, 11) is 0. The van der Waals surface area contributed by atoms with Crippen LogP contribution in [0.5, 0.6) is 0 Å². The molecule has 0 spiro atoms. The third-order valence-corrected chi connectivity index (χ3v) is 1.12. The molecular weight excluding hydrogens is 110 g/mol. The van der Waals surface area contributed by atoms with Gasteiger partial charge in [-0.05, 0) is 18.4 Å². The van der Waals surface area contributed by atoms with Gasteiger partial charge in [0.25, 0.3) is 6.08 Å². The average Bonchev–Trinajstić information content (AvgIpc) is 1.69. The maximum absolute atomic E-state index is 11.6. The van der Waals surface area contributed by atoms with Crippen LogP contribution in [0.2, 0.25) is 0 Å². The lowest BCUT2D eigenvalue weighted by atomic mass is 10.2. The van der Waals surface area contributed by atoms with Gasteiger partial charge >= 0.3 is 0 Å². The van der Waals surface area contributed by atoms with E-state index in [0.717, 1.165) is 0 Å². The minimum absolute atomic E-state index is 0.269. The van der Waals surface area contributed by atoms with Crippen LogP contribution in [0.25, 0.3) is 0 Å². The van der Waals surface area contributed by atoms with Crippen molar-refractivity contribution in [1.29, 1.82) is 0 Å². The molecule has 0 unspecified atom stereocenters. The van der Waals surface area contributed by atoms with Crippen molar-refractivity contribution in [2.75, 3.05) is 0 Å². The van der Waals surface area contributed by atoms with Crippen molar-refractivity contribution >= 4 is 0 Å². The van der Waals surface area contributed by atoms with Gasteiger partial charge in [-0.2, -0.15) is 8.78 Å². The van der Waals surface area contributed by atoms with Crippen LogP contribution in [0.4, 0.5) is 8.78 Å². The van der Waals surface area contributed by atoms with Crippen molar-refractivity contribution in [2.45, 2.75) is 26.7 Å². The van der Waals surface area contributed by atoms with Crippen molar-refractivity contribution in [2.24, 2.45) is 0 Å². The standard InChI is InChI=1S/C6H10F2/c1-3-5(4-2)6(7)8/h3-4H2,1-2H3. The fourth-order valence-corrected chi connectivity index (χ4v) is 0.517. The fourth-order valence-electron chi connectivity index (χ4n) is 0.517. The number of allylic oxidation sites excluding steroid dienone is 1. The third-order valence-electron chi connectivity index (χ3n) is 1.12. The van der Waals surface area contributed by atoms with Gasteiger partial charge in [0.1, 0.15) is 0 Å². The lowest BCUT2D eigenvalue weighted by Gasteiger charge is -1.93. The maximum atomic E-state index is 11.6. The summed E-state index contributed by atoms with van der Waals surface area (Å²) in [5, 5.41) is 0. The highest BCUT2D eigenvalue weighted by Crippen LogP contribution is 2.13.